The first-order chi connectivity index (χ1) is 23.0. The molecule has 48 heavy (non-hydrogen) atoms. The van der Waals surface area contributed by atoms with Gasteiger partial charge in [-0.1, -0.05) is 174 Å². The Kier molecular flexibility index (Phi) is 32.1. The average Bonchev–Trinajstić information content (AvgIpc) is 3.02. The Bertz CT molecular complexity index is 763. The van der Waals surface area contributed by atoms with Crippen LogP contribution in [0.25, 0.3) is 0 Å². The molecule has 0 aromatic heterocycles. The smallest absolute Gasteiger partial charge is 0.391 e. The molecule has 0 aromatic carbocycles. The number of amides is 1. The zero-order valence-electron chi connectivity index (χ0n) is 32.5. The molecular weight excluding hydrogens is 623 g/mol. The number of aliphatic hydroxyl groups excluding tert-OH is 1. The summed E-state index contributed by atoms with van der Waals surface area (Å²) in [6.07, 6.45) is 32.6. The predicted octanol–water partition coefficient (Wildman–Crippen LogP) is 10.6. The van der Waals surface area contributed by atoms with Gasteiger partial charge in [-0.2, -0.15) is 0 Å². The van der Waals surface area contributed by atoms with E-state index in [1.807, 2.05) is 21.1 Å². The summed E-state index contributed by atoms with van der Waals surface area (Å²) in [5.74, 6) is -0.145. The molecule has 288 valence electrons. The van der Waals surface area contributed by atoms with E-state index < -0.39 is 20.0 Å². The first kappa shape index (κ1) is 47.5. The first-order valence-corrected chi connectivity index (χ1v) is 21.9. The second kappa shape index (κ2) is 32.4. The molecule has 3 N–H and O–H groups in total. The van der Waals surface area contributed by atoms with E-state index in [1.54, 1.807) is 0 Å². The number of nitrogens with zero attached hydrogens (tertiary/aromatic N) is 1. The number of likely N-dealkylation sites (N-methyl/N-ethyl adjacent to an activating group) is 1. The van der Waals surface area contributed by atoms with Crippen LogP contribution >= 0.6 is 7.82 Å². The van der Waals surface area contributed by atoms with Crippen molar-refractivity contribution >= 4 is 13.7 Å². The molecule has 3 atom stereocenters. The lowest BCUT2D eigenvalue weighted by Gasteiger charge is -2.26. The van der Waals surface area contributed by atoms with Crippen molar-refractivity contribution in [2.24, 2.45) is 0 Å². The van der Waals surface area contributed by atoms with Crippen LogP contribution in [0.15, 0.2) is 0 Å². The number of hydrogen-bond acceptors (Lipinski definition) is 5. The van der Waals surface area contributed by atoms with Gasteiger partial charge in [-0.05, 0) is 12.8 Å². The molecule has 0 saturated heterocycles. The summed E-state index contributed by atoms with van der Waals surface area (Å²) in [6.45, 7) is 4.88. The lowest BCUT2D eigenvalue weighted by Crippen LogP contribution is -2.46. The molecule has 0 rings (SSSR count). The summed E-state index contributed by atoms with van der Waals surface area (Å²) in [6, 6.07) is -0.751. The molecule has 0 aliphatic carbocycles. The van der Waals surface area contributed by atoms with E-state index in [-0.39, 0.29) is 19.1 Å². The lowest BCUT2D eigenvalue weighted by atomic mass is 10.0. The number of hydrogen-bond donors (Lipinski definition) is 3. The molecule has 0 heterocycles. The molecule has 0 spiro atoms. The van der Waals surface area contributed by atoms with Crippen molar-refractivity contribution in [1.82, 2.24) is 5.32 Å². The molecule has 8 nitrogen and oxygen atoms in total. The molecule has 9 heteroatoms. The van der Waals surface area contributed by atoms with Gasteiger partial charge in [0.25, 0.3) is 0 Å². The quantitative estimate of drug-likeness (QED) is 0.0338. The van der Waals surface area contributed by atoms with E-state index in [2.05, 4.69) is 19.2 Å². The molecule has 0 aliphatic heterocycles. The first-order valence-electron chi connectivity index (χ1n) is 20.4. The number of quaternary nitrogens is 1. The fourth-order valence-electron chi connectivity index (χ4n) is 6.05. The number of carbonyl (C=O) groups excluding carboxylic acids is 1. The van der Waals surface area contributed by atoms with Gasteiger partial charge in [-0.15, -0.1) is 0 Å². The van der Waals surface area contributed by atoms with Gasteiger partial charge in [-0.25, -0.2) is 4.57 Å². The minimum absolute atomic E-state index is 0.0782. The molecular formula is C39H82N2O6P+. The number of aliphatic hydroxyl groups is 1. The summed E-state index contributed by atoms with van der Waals surface area (Å²) in [5.41, 5.74) is 0. The molecule has 0 bridgehead atoms. The minimum atomic E-state index is -4.30. The maximum Gasteiger partial charge on any atom is 0.472 e. The summed E-state index contributed by atoms with van der Waals surface area (Å²) in [4.78, 5) is 23.0. The largest absolute Gasteiger partial charge is 0.472 e. The van der Waals surface area contributed by atoms with Crippen molar-refractivity contribution in [1.29, 1.82) is 0 Å². The van der Waals surface area contributed by atoms with E-state index in [0.717, 1.165) is 38.5 Å². The van der Waals surface area contributed by atoms with E-state index in [9.17, 15) is 19.4 Å². The van der Waals surface area contributed by atoms with Crippen LogP contribution in [0.5, 0.6) is 0 Å². The van der Waals surface area contributed by atoms with Crippen molar-refractivity contribution < 1.29 is 32.9 Å². The average molecular weight is 706 g/mol. The summed E-state index contributed by atoms with van der Waals surface area (Å²) < 4.78 is 23.5. The van der Waals surface area contributed by atoms with Gasteiger partial charge < -0.3 is 19.8 Å². The van der Waals surface area contributed by atoms with Gasteiger partial charge in [0.05, 0.1) is 39.9 Å². The predicted molar refractivity (Wildman–Crippen MR) is 203 cm³/mol. The van der Waals surface area contributed by atoms with E-state index >= 15 is 0 Å². The van der Waals surface area contributed by atoms with Crippen LogP contribution in [0.3, 0.4) is 0 Å². The van der Waals surface area contributed by atoms with Gasteiger partial charge in [0.2, 0.25) is 5.91 Å². The molecule has 0 saturated carbocycles. The zero-order chi connectivity index (χ0) is 35.8. The van der Waals surface area contributed by atoms with Crippen LogP contribution in [0, 0.1) is 0 Å². The third-order valence-electron chi connectivity index (χ3n) is 9.36. The van der Waals surface area contributed by atoms with Crippen molar-refractivity contribution in [2.45, 2.75) is 206 Å². The van der Waals surface area contributed by atoms with Crippen LogP contribution in [0.4, 0.5) is 0 Å². The van der Waals surface area contributed by atoms with Crippen molar-refractivity contribution in [3.8, 4) is 0 Å². The number of carbonyl (C=O) groups is 1. The summed E-state index contributed by atoms with van der Waals surface area (Å²) in [5, 5.41) is 13.9. The summed E-state index contributed by atoms with van der Waals surface area (Å²) in [7, 11) is 1.62. The third-order valence-corrected chi connectivity index (χ3v) is 10.3. The molecule has 0 fully saturated rings. The van der Waals surface area contributed by atoms with Crippen molar-refractivity contribution in [2.75, 3.05) is 40.9 Å². The van der Waals surface area contributed by atoms with E-state index in [0.29, 0.717) is 23.9 Å². The van der Waals surface area contributed by atoms with Crippen LogP contribution < -0.4 is 5.32 Å². The summed E-state index contributed by atoms with van der Waals surface area (Å²) >= 11 is 0. The Morgan fingerprint density at radius 2 is 1.00 bits per heavy atom. The van der Waals surface area contributed by atoms with Crippen LogP contribution in [0.1, 0.15) is 194 Å². The van der Waals surface area contributed by atoms with Gasteiger partial charge in [0, 0.05) is 6.42 Å². The number of phosphoric acid groups is 1. The maximum absolute atomic E-state index is 12.8. The second-order valence-corrected chi connectivity index (χ2v) is 16.8. The highest BCUT2D eigenvalue weighted by Gasteiger charge is 2.28. The Morgan fingerprint density at radius 1 is 0.625 bits per heavy atom. The third kappa shape index (κ3) is 34.0. The highest BCUT2D eigenvalue weighted by Crippen LogP contribution is 2.43. The number of nitrogens with one attached hydrogen (secondary N) is 1. The topological polar surface area (TPSA) is 105 Å². The lowest BCUT2D eigenvalue weighted by molar-refractivity contribution is -0.870. The zero-order valence-corrected chi connectivity index (χ0v) is 33.4. The number of phosphoric ester groups is 1. The maximum atomic E-state index is 12.8. The molecule has 0 radical (unpaired) electrons. The Labute approximate surface area is 298 Å². The van der Waals surface area contributed by atoms with Gasteiger partial charge >= 0.3 is 7.82 Å². The normalized spacial score (nSPS) is 14.6. The van der Waals surface area contributed by atoms with Gasteiger partial charge in [0.1, 0.15) is 13.2 Å². The van der Waals surface area contributed by atoms with Crippen LogP contribution in [-0.4, -0.2) is 73.4 Å². The molecule has 1 unspecified atom stereocenters. The van der Waals surface area contributed by atoms with E-state index in [4.69, 9.17) is 9.05 Å². The second-order valence-electron chi connectivity index (χ2n) is 15.4. The monoisotopic (exact) mass is 706 g/mol. The molecule has 0 aliphatic rings. The fourth-order valence-corrected chi connectivity index (χ4v) is 6.78. The molecule has 1 amide bonds. The van der Waals surface area contributed by atoms with Gasteiger partial charge in [0.15, 0.2) is 0 Å². The number of unbranched alkanes of at least 4 members (excludes halogenated alkanes) is 24. The Hall–Kier alpha value is -0.500. The standard InChI is InChI=1S/C39H81N2O6P/c1-6-8-10-12-14-16-18-19-20-21-22-23-24-26-28-30-32-38(42)37(36-47-48(44,45)46-35-34-41(3,4)5)40-39(43)33-31-29-27-25-17-15-13-11-9-7-2/h37-38,42H,6-36H2,1-5H3,(H-,40,43,44,45)/p+1/t37-,38+/m1/s1. The SMILES string of the molecule is CCCCCCCCCCCCCCCCCC[C@H](O)[C@@H](COP(=O)(O)OCC[N+](C)(C)C)NC(=O)CCCCCCCCCCCC. The molecule has 0 aromatic rings. The van der Waals surface area contributed by atoms with E-state index in [1.165, 1.54) is 128 Å². The van der Waals surface area contributed by atoms with Crippen LogP contribution in [-0.2, 0) is 18.4 Å². The highest BCUT2D eigenvalue weighted by atomic mass is 31.2. The Morgan fingerprint density at radius 3 is 1.40 bits per heavy atom. The number of rotatable bonds is 37. The van der Waals surface area contributed by atoms with Crippen molar-refractivity contribution in [3.63, 3.8) is 0 Å². The highest BCUT2D eigenvalue weighted by molar-refractivity contribution is 7.47. The van der Waals surface area contributed by atoms with Gasteiger partial charge in [-0.3, -0.25) is 13.8 Å². The fraction of sp³-hybridized carbons (Fsp3) is 0.974. The van der Waals surface area contributed by atoms with Crippen LogP contribution in [0.2, 0.25) is 0 Å². The Balaban J connectivity index is 4.37. The van der Waals surface area contributed by atoms with Crippen molar-refractivity contribution in [3.05, 3.63) is 0 Å². The minimum Gasteiger partial charge on any atom is -0.391 e.